The van der Waals surface area contributed by atoms with E-state index in [2.05, 4.69) is 15.3 Å². The number of thioether (sulfide) groups is 1. The van der Waals surface area contributed by atoms with E-state index >= 15 is 0 Å². The number of amides is 1. The lowest BCUT2D eigenvalue weighted by molar-refractivity contribution is -0.119. The molecule has 6 nitrogen and oxygen atoms in total. The molecule has 1 saturated heterocycles. The molecule has 0 bridgehead atoms. The van der Waals surface area contributed by atoms with Crippen LogP contribution in [-0.4, -0.2) is 63.4 Å². The van der Waals surface area contributed by atoms with E-state index < -0.39 is 0 Å². The summed E-state index contributed by atoms with van der Waals surface area (Å²) >= 11 is 1.57. The molecule has 24 heavy (non-hydrogen) atoms. The highest BCUT2D eigenvalue weighted by atomic mass is 32.2. The average molecular weight is 353 g/mol. The molecule has 2 aliphatic rings. The predicted molar refractivity (Wildman–Crippen MR) is 95.9 cm³/mol. The highest BCUT2D eigenvalue weighted by molar-refractivity contribution is 7.99. The molecule has 7 heteroatoms. The van der Waals surface area contributed by atoms with Gasteiger partial charge in [0, 0.05) is 37.4 Å². The van der Waals surface area contributed by atoms with Crippen molar-refractivity contribution in [1.82, 2.24) is 20.0 Å². The van der Waals surface area contributed by atoms with Crippen LogP contribution in [0.15, 0.2) is 6.20 Å². The summed E-state index contributed by atoms with van der Waals surface area (Å²) in [5, 5.41) is 16.8. The number of hydrogen-bond donors (Lipinski definition) is 2. The van der Waals surface area contributed by atoms with Crippen LogP contribution in [-0.2, 0) is 17.9 Å². The van der Waals surface area contributed by atoms with Gasteiger partial charge < -0.3 is 10.4 Å². The lowest BCUT2D eigenvalue weighted by Gasteiger charge is -2.19. The molecule has 2 N–H and O–H groups in total. The Kier molecular flexibility index (Phi) is 5.84. The van der Waals surface area contributed by atoms with E-state index in [1.165, 1.54) is 18.4 Å². The van der Waals surface area contributed by atoms with Gasteiger partial charge >= 0.3 is 0 Å². The van der Waals surface area contributed by atoms with Gasteiger partial charge in [0.05, 0.1) is 24.6 Å². The summed E-state index contributed by atoms with van der Waals surface area (Å²) in [5.41, 5.74) is 2.25. The van der Waals surface area contributed by atoms with Crippen molar-refractivity contribution in [2.45, 2.75) is 38.9 Å². The molecule has 0 unspecified atom stereocenters. The van der Waals surface area contributed by atoms with Crippen molar-refractivity contribution in [3.63, 3.8) is 0 Å². The first kappa shape index (κ1) is 17.8. The molecule has 134 valence electrons. The van der Waals surface area contributed by atoms with Crippen LogP contribution in [0.2, 0.25) is 0 Å². The van der Waals surface area contributed by atoms with Crippen LogP contribution in [0, 0.1) is 18.8 Å². The van der Waals surface area contributed by atoms with Crippen LogP contribution in [0.4, 0.5) is 0 Å². The number of likely N-dealkylation sites (tertiary alicyclic amines) is 1. The number of carbonyl (C=O) groups is 1. The Morgan fingerprint density at radius 1 is 1.46 bits per heavy atom. The van der Waals surface area contributed by atoms with Crippen LogP contribution < -0.4 is 5.32 Å². The third kappa shape index (κ3) is 4.32. The zero-order valence-electron chi connectivity index (χ0n) is 14.6. The molecule has 0 aromatic carbocycles. The standard InChI is InChI=1S/C17H28N4O2S/c1-12-14(8-21(19-12)5-6-22)7-20-9-15(13-3-4-13)16(10-20)18-17(23)11-24-2/h8,13,15-16,22H,3-7,9-11H2,1-2H3,(H,18,23)/t15-,16+/m1/s1. The molecule has 3 rings (SSSR count). The summed E-state index contributed by atoms with van der Waals surface area (Å²) in [6.45, 7) is 5.52. The van der Waals surface area contributed by atoms with Crippen molar-refractivity contribution in [3.05, 3.63) is 17.5 Å². The molecule has 0 spiro atoms. The van der Waals surface area contributed by atoms with Crippen LogP contribution in [0.3, 0.4) is 0 Å². The molecule has 2 heterocycles. The number of nitrogens with zero attached hydrogens (tertiary/aromatic N) is 3. The molecule has 1 amide bonds. The Labute approximate surface area is 148 Å². The molecular formula is C17H28N4O2S. The van der Waals surface area contributed by atoms with E-state index in [-0.39, 0.29) is 18.6 Å². The van der Waals surface area contributed by atoms with Crippen molar-refractivity contribution in [2.24, 2.45) is 11.8 Å². The number of rotatable bonds is 8. The van der Waals surface area contributed by atoms with E-state index in [4.69, 9.17) is 5.11 Å². The van der Waals surface area contributed by atoms with Crippen molar-refractivity contribution < 1.29 is 9.90 Å². The Morgan fingerprint density at radius 3 is 2.92 bits per heavy atom. The number of nitrogens with one attached hydrogen (secondary N) is 1. The van der Waals surface area contributed by atoms with Gasteiger partial charge in [0.25, 0.3) is 0 Å². The molecule has 1 aromatic heterocycles. The molecule has 1 aromatic rings. The first-order valence-corrected chi connectivity index (χ1v) is 10.1. The van der Waals surface area contributed by atoms with E-state index in [0.29, 0.717) is 18.2 Å². The molecule has 2 fully saturated rings. The minimum atomic E-state index is 0.109. The second-order valence-corrected chi connectivity index (χ2v) is 7.89. The van der Waals surface area contributed by atoms with Gasteiger partial charge in [-0.2, -0.15) is 16.9 Å². The number of carbonyl (C=O) groups excluding carboxylic acids is 1. The van der Waals surface area contributed by atoms with E-state index in [1.807, 2.05) is 24.1 Å². The highest BCUT2D eigenvalue weighted by Gasteiger charge is 2.42. The first-order valence-electron chi connectivity index (χ1n) is 8.75. The summed E-state index contributed by atoms with van der Waals surface area (Å²) < 4.78 is 1.82. The molecular weight excluding hydrogens is 324 g/mol. The fourth-order valence-corrected chi connectivity index (χ4v) is 4.09. The van der Waals surface area contributed by atoms with E-state index in [9.17, 15) is 4.79 Å². The van der Waals surface area contributed by atoms with Gasteiger partial charge in [-0.1, -0.05) is 0 Å². The van der Waals surface area contributed by atoms with E-state index in [0.717, 1.165) is 31.2 Å². The van der Waals surface area contributed by atoms with Crippen LogP contribution in [0.1, 0.15) is 24.1 Å². The molecule has 0 radical (unpaired) electrons. The smallest absolute Gasteiger partial charge is 0.230 e. The summed E-state index contributed by atoms with van der Waals surface area (Å²) in [5.74, 6) is 2.07. The molecule has 1 aliphatic carbocycles. The quantitative estimate of drug-likeness (QED) is 0.727. The van der Waals surface area contributed by atoms with Gasteiger partial charge in [0.1, 0.15) is 0 Å². The van der Waals surface area contributed by atoms with Crippen LogP contribution in [0.5, 0.6) is 0 Å². The van der Waals surface area contributed by atoms with Gasteiger partial charge in [0.2, 0.25) is 5.91 Å². The van der Waals surface area contributed by atoms with Gasteiger partial charge in [-0.05, 0) is 37.9 Å². The summed E-state index contributed by atoms with van der Waals surface area (Å²) in [7, 11) is 0. The monoisotopic (exact) mass is 352 g/mol. The Balaban J connectivity index is 1.61. The maximum Gasteiger partial charge on any atom is 0.230 e. The molecule has 2 atom stereocenters. The Hall–Kier alpha value is -1.05. The van der Waals surface area contributed by atoms with Crippen LogP contribution in [0.25, 0.3) is 0 Å². The maximum atomic E-state index is 12.0. The van der Waals surface area contributed by atoms with Crippen molar-refractivity contribution >= 4 is 17.7 Å². The van der Waals surface area contributed by atoms with Crippen molar-refractivity contribution in [2.75, 3.05) is 31.7 Å². The zero-order chi connectivity index (χ0) is 17.1. The average Bonchev–Trinajstić information content (AvgIpc) is 3.21. The summed E-state index contributed by atoms with van der Waals surface area (Å²) in [6, 6.07) is 0.282. The third-order valence-corrected chi connectivity index (χ3v) is 5.61. The normalized spacial score (nSPS) is 24.5. The lowest BCUT2D eigenvalue weighted by Crippen LogP contribution is -2.42. The van der Waals surface area contributed by atoms with Crippen molar-refractivity contribution in [3.8, 4) is 0 Å². The summed E-state index contributed by atoms with van der Waals surface area (Å²) in [6.07, 6.45) is 6.62. The number of aliphatic hydroxyl groups is 1. The number of aromatic nitrogens is 2. The van der Waals surface area contributed by atoms with Gasteiger partial charge in [-0.25, -0.2) is 0 Å². The Bertz CT molecular complexity index is 573. The van der Waals surface area contributed by atoms with Gasteiger partial charge in [0.15, 0.2) is 0 Å². The van der Waals surface area contributed by atoms with Gasteiger partial charge in [-0.3, -0.25) is 14.4 Å². The fourth-order valence-electron chi connectivity index (χ4n) is 3.75. The van der Waals surface area contributed by atoms with E-state index in [1.54, 1.807) is 11.8 Å². The largest absolute Gasteiger partial charge is 0.394 e. The zero-order valence-corrected chi connectivity index (χ0v) is 15.4. The second-order valence-electron chi connectivity index (χ2n) is 7.03. The first-order chi connectivity index (χ1) is 11.6. The lowest BCUT2D eigenvalue weighted by atomic mass is 9.98. The maximum absolute atomic E-state index is 12.0. The van der Waals surface area contributed by atoms with Gasteiger partial charge in [-0.15, -0.1) is 0 Å². The number of aliphatic hydroxyl groups excluding tert-OH is 1. The molecule has 1 aliphatic heterocycles. The second kappa shape index (κ2) is 7.89. The third-order valence-electron chi connectivity index (χ3n) is 5.06. The van der Waals surface area contributed by atoms with Crippen LogP contribution >= 0.6 is 11.8 Å². The summed E-state index contributed by atoms with van der Waals surface area (Å²) in [4.78, 5) is 14.4. The minimum absolute atomic E-state index is 0.109. The number of aryl methyl sites for hydroxylation is 1. The minimum Gasteiger partial charge on any atom is -0.394 e. The predicted octanol–water partition coefficient (Wildman–Crippen LogP) is 0.873. The number of hydrogen-bond acceptors (Lipinski definition) is 5. The Morgan fingerprint density at radius 2 is 2.25 bits per heavy atom. The van der Waals surface area contributed by atoms with Crippen molar-refractivity contribution in [1.29, 1.82) is 0 Å². The fraction of sp³-hybridized carbons (Fsp3) is 0.765. The SMILES string of the molecule is CSCC(=O)N[C@H]1CN(Cc2cn(CCO)nc2C)C[C@@H]1C1CC1. The molecule has 1 saturated carbocycles. The highest BCUT2D eigenvalue weighted by Crippen LogP contribution is 2.41. The topological polar surface area (TPSA) is 70.4 Å².